The largest absolute Gasteiger partial charge is 0.489 e. The SMILES string of the molecule is N/C(=C1\C=NNC1)c1cc(OCc2c(Cl)cncc2Cl)ccc1N. The summed E-state index contributed by atoms with van der Waals surface area (Å²) in [6, 6.07) is 5.29. The monoisotopic (exact) mass is 363 g/mol. The highest BCUT2D eigenvalue weighted by molar-refractivity contribution is 6.35. The van der Waals surface area contributed by atoms with Crippen molar-refractivity contribution in [2.45, 2.75) is 6.61 Å². The Balaban J connectivity index is 1.84. The van der Waals surface area contributed by atoms with Crippen molar-refractivity contribution in [2.24, 2.45) is 10.8 Å². The van der Waals surface area contributed by atoms with Gasteiger partial charge in [0, 0.05) is 40.5 Å². The number of hydrogen-bond donors (Lipinski definition) is 3. The predicted molar refractivity (Wildman–Crippen MR) is 97.0 cm³/mol. The van der Waals surface area contributed by atoms with Gasteiger partial charge in [0.25, 0.3) is 0 Å². The molecule has 0 fully saturated rings. The first-order valence-corrected chi connectivity index (χ1v) is 7.87. The smallest absolute Gasteiger partial charge is 0.120 e. The Morgan fingerprint density at radius 1 is 1.25 bits per heavy atom. The standard InChI is InChI=1S/C16H15Cl2N5O/c17-13-6-21-7-14(18)12(13)8-24-10-1-2-15(19)11(3-10)16(20)9-4-22-23-5-9/h1-4,6-7,23H,5,8,19-20H2/b16-9+. The van der Waals surface area contributed by atoms with Crippen molar-refractivity contribution in [3.8, 4) is 5.75 Å². The van der Waals surface area contributed by atoms with Crippen molar-refractivity contribution in [2.75, 3.05) is 12.3 Å². The van der Waals surface area contributed by atoms with Gasteiger partial charge < -0.3 is 21.6 Å². The zero-order valence-corrected chi connectivity index (χ0v) is 14.1. The minimum atomic E-state index is 0.211. The predicted octanol–water partition coefficient (Wildman–Crippen LogP) is 2.81. The van der Waals surface area contributed by atoms with E-state index in [-0.39, 0.29) is 6.61 Å². The number of benzene rings is 1. The molecule has 0 saturated carbocycles. The third-order valence-electron chi connectivity index (χ3n) is 3.58. The van der Waals surface area contributed by atoms with E-state index in [1.54, 1.807) is 24.4 Å². The lowest BCUT2D eigenvalue weighted by molar-refractivity contribution is 0.306. The van der Waals surface area contributed by atoms with E-state index in [0.29, 0.717) is 44.9 Å². The first-order valence-electron chi connectivity index (χ1n) is 7.11. The Hall–Kier alpha value is -2.44. The molecule has 0 unspecified atom stereocenters. The number of nitrogen functional groups attached to an aromatic ring is 1. The number of ether oxygens (including phenoxy) is 1. The van der Waals surface area contributed by atoms with E-state index >= 15 is 0 Å². The number of pyridine rings is 1. The first kappa shape index (κ1) is 16.4. The van der Waals surface area contributed by atoms with Crippen LogP contribution in [0.4, 0.5) is 5.69 Å². The molecule has 0 radical (unpaired) electrons. The number of halogens is 2. The molecule has 0 bridgehead atoms. The Morgan fingerprint density at radius 3 is 2.67 bits per heavy atom. The van der Waals surface area contributed by atoms with Crippen molar-refractivity contribution in [3.05, 3.63) is 57.3 Å². The molecule has 0 aliphatic carbocycles. The van der Waals surface area contributed by atoms with Crippen LogP contribution in [-0.2, 0) is 6.61 Å². The van der Waals surface area contributed by atoms with Crippen LogP contribution in [0.1, 0.15) is 11.1 Å². The molecule has 0 saturated heterocycles. The fourth-order valence-electron chi connectivity index (χ4n) is 2.23. The molecule has 0 spiro atoms. The van der Waals surface area contributed by atoms with Crippen molar-refractivity contribution < 1.29 is 4.74 Å². The average Bonchev–Trinajstić information content (AvgIpc) is 3.09. The molecule has 0 atom stereocenters. The zero-order chi connectivity index (χ0) is 17.1. The van der Waals surface area contributed by atoms with E-state index in [9.17, 15) is 0 Å². The molecule has 2 aromatic rings. The second kappa shape index (κ2) is 6.98. The third kappa shape index (κ3) is 3.39. The molecule has 1 aromatic heterocycles. The molecule has 5 N–H and O–H groups in total. The molecule has 6 nitrogen and oxygen atoms in total. The summed E-state index contributed by atoms with van der Waals surface area (Å²) in [6.45, 7) is 0.779. The number of hydrazone groups is 1. The van der Waals surface area contributed by atoms with E-state index in [1.165, 1.54) is 12.4 Å². The maximum absolute atomic E-state index is 6.19. The Morgan fingerprint density at radius 2 is 2.00 bits per heavy atom. The highest BCUT2D eigenvalue weighted by Crippen LogP contribution is 2.28. The second-order valence-electron chi connectivity index (χ2n) is 5.15. The number of aromatic nitrogens is 1. The minimum absolute atomic E-state index is 0.211. The average molecular weight is 364 g/mol. The van der Waals surface area contributed by atoms with E-state index in [4.69, 9.17) is 39.4 Å². The molecule has 1 aliphatic rings. The lowest BCUT2D eigenvalue weighted by Gasteiger charge is -2.13. The molecule has 2 heterocycles. The van der Waals surface area contributed by atoms with Gasteiger partial charge in [-0.15, -0.1) is 0 Å². The molecule has 124 valence electrons. The van der Waals surface area contributed by atoms with Crippen molar-refractivity contribution in [1.29, 1.82) is 0 Å². The zero-order valence-electron chi connectivity index (χ0n) is 12.6. The summed E-state index contributed by atoms with van der Waals surface area (Å²) in [4.78, 5) is 3.92. The Kier molecular flexibility index (Phi) is 4.78. The van der Waals surface area contributed by atoms with Gasteiger partial charge in [0.05, 0.1) is 22.8 Å². The molecular formula is C16H15Cl2N5O. The topological polar surface area (TPSA) is 98.5 Å². The van der Waals surface area contributed by atoms with Crippen molar-refractivity contribution in [1.82, 2.24) is 10.4 Å². The quantitative estimate of drug-likeness (QED) is 0.725. The van der Waals surface area contributed by atoms with Crippen LogP contribution in [0.25, 0.3) is 5.70 Å². The highest BCUT2D eigenvalue weighted by atomic mass is 35.5. The van der Waals surface area contributed by atoms with Gasteiger partial charge in [-0.05, 0) is 18.2 Å². The van der Waals surface area contributed by atoms with Crippen LogP contribution in [0.5, 0.6) is 5.75 Å². The summed E-state index contributed by atoms with van der Waals surface area (Å²) in [7, 11) is 0. The van der Waals surface area contributed by atoms with Gasteiger partial charge in [-0.2, -0.15) is 5.10 Å². The summed E-state index contributed by atoms with van der Waals surface area (Å²) in [6.07, 6.45) is 4.73. The van der Waals surface area contributed by atoms with Gasteiger partial charge in [0.15, 0.2) is 0 Å². The number of hydrogen-bond acceptors (Lipinski definition) is 6. The van der Waals surface area contributed by atoms with Gasteiger partial charge >= 0.3 is 0 Å². The Labute approximate surface area is 149 Å². The fraction of sp³-hybridized carbons (Fsp3) is 0.125. The van der Waals surface area contributed by atoms with Gasteiger partial charge in [-0.25, -0.2) is 0 Å². The summed E-state index contributed by atoms with van der Waals surface area (Å²) in [5.74, 6) is 0.606. The maximum atomic E-state index is 6.19. The molecule has 1 aromatic carbocycles. The highest BCUT2D eigenvalue weighted by Gasteiger charge is 2.13. The molecule has 0 amide bonds. The summed E-state index contributed by atoms with van der Waals surface area (Å²) >= 11 is 12.2. The van der Waals surface area contributed by atoms with E-state index in [2.05, 4.69) is 15.5 Å². The van der Waals surface area contributed by atoms with Crippen molar-refractivity contribution >= 4 is 40.8 Å². The molecule has 3 rings (SSSR count). The number of nitrogens with two attached hydrogens (primary N) is 2. The lowest BCUT2D eigenvalue weighted by Crippen LogP contribution is -2.09. The summed E-state index contributed by atoms with van der Waals surface area (Å²) in [5, 5.41) is 4.84. The molecule has 8 heteroatoms. The van der Waals surface area contributed by atoms with Crippen LogP contribution >= 0.6 is 23.2 Å². The van der Waals surface area contributed by atoms with Crippen LogP contribution in [0.3, 0.4) is 0 Å². The van der Waals surface area contributed by atoms with E-state index in [0.717, 1.165) is 5.57 Å². The lowest BCUT2D eigenvalue weighted by atomic mass is 10.1. The van der Waals surface area contributed by atoms with Crippen LogP contribution in [0.15, 0.2) is 41.3 Å². The second-order valence-corrected chi connectivity index (χ2v) is 5.97. The number of nitrogens with one attached hydrogen (secondary N) is 1. The van der Waals surface area contributed by atoms with Crippen LogP contribution in [-0.4, -0.2) is 17.7 Å². The van der Waals surface area contributed by atoms with E-state index in [1.807, 2.05) is 0 Å². The summed E-state index contributed by atoms with van der Waals surface area (Å²) in [5.41, 5.74) is 18.4. The normalized spacial score (nSPS) is 15.2. The third-order valence-corrected chi connectivity index (χ3v) is 4.23. The summed E-state index contributed by atoms with van der Waals surface area (Å²) < 4.78 is 5.78. The van der Waals surface area contributed by atoms with E-state index < -0.39 is 0 Å². The van der Waals surface area contributed by atoms with Gasteiger partial charge in [0.1, 0.15) is 12.4 Å². The molecule has 24 heavy (non-hydrogen) atoms. The maximum Gasteiger partial charge on any atom is 0.120 e. The van der Waals surface area contributed by atoms with Gasteiger partial charge in [-0.3, -0.25) is 4.98 Å². The fourth-order valence-corrected chi connectivity index (χ4v) is 2.70. The molecule has 1 aliphatic heterocycles. The van der Waals surface area contributed by atoms with Gasteiger partial charge in [-0.1, -0.05) is 23.2 Å². The van der Waals surface area contributed by atoms with Crippen molar-refractivity contribution in [3.63, 3.8) is 0 Å². The van der Waals surface area contributed by atoms with Gasteiger partial charge in [0.2, 0.25) is 0 Å². The minimum Gasteiger partial charge on any atom is -0.489 e. The van der Waals surface area contributed by atoms with Crippen LogP contribution in [0.2, 0.25) is 10.0 Å². The number of nitrogens with zero attached hydrogens (tertiary/aromatic N) is 2. The number of rotatable bonds is 4. The number of anilines is 1. The van der Waals surface area contributed by atoms with Crippen LogP contribution < -0.4 is 21.6 Å². The Bertz CT molecular complexity index is 815. The van der Waals surface area contributed by atoms with Crippen LogP contribution in [0, 0.1) is 0 Å². The molecular weight excluding hydrogens is 349 g/mol. The first-order chi connectivity index (χ1) is 11.6.